The Bertz CT molecular complexity index is 675. The Balaban J connectivity index is 2.29. The van der Waals surface area contributed by atoms with Crippen LogP contribution in [0.4, 0.5) is 0 Å². The molecule has 0 amide bonds. The first-order valence-electron chi connectivity index (χ1n) is 6.06. The van der Waals surface area contributed by atoms with Crippen LogP contribution in [0.1, 0.15) is 22.0 Å². The maximum absolute atomic E-state index is 12.4. The van der Waals surface area contributed by atoms with Crippen LogP contribution in [0.3, 0.4) is 0 Å². The number of nitrogens with one attached hydrogen (secondary N) is 2. The summed E-state index contributed by atoms with van der Waals surface area (Å²) in [6, 6.07) is 0. The van der Waals surface area contributed by atoms with Crippen LogP contribution in [0.15, 0.2) is 21.0 Å². The predicted molar refractivity (Wildman–Crippen MR) is 77.1 cm³/mol. The number of aromatic nitrogens is 1. The van der Waals surface area contributed by atoms with Crippen molar-refractivity contribution in [1.82, 2.24) is 15.0 Å². The Hall–Kier alpha value is -1.22. The van der Waals surface area contributed by atoms with E-state index in [0.29, 0.717) is 23.6 Å². The Morgan fingerprint density at radius 3 is 2.65 bits per heavy atom. The molecule has 0 bridgehead atoms. The van der Waals surface area contributed by atoms with Crippen molar-refractivity contribution < 1.29 is 12.8 Å². The molecule has 0 aromatic carbocycles. The zero-order valence-corrected chi connectivity index (χ0v) is 13.2. The van der Waals surface area contributed by atoms with Gasteiger partial charge in [-0.3, -0.25) is 4.98 Å². The molecule has 0 spiro atoms. The number of sulfonamides is 1. The zero-order chi connectivity index (χ0) is 14.8. The summed E-state index contributed by atoms with van der Waals surface area (Å²) in [6.45, 7) is 4.10. The van der Waals surface area contributed by atoms with E-state index in [1.54, 1.807) is 32.6 Å². The molecule has 0 saturated carbocycles. The molecule has 110 valence electrons. The molecule has 0 aliphatic rings. The van der Waals surface area contributed by atoms with E-state index in [4.69, 9.17) is 4.42 Å². The Morgan fingerprint density at radius 1 is 1.30 bits per heavy atom. The van der Waals surface area contributed by atoms with Crippen LogP contribution in [0, 0.1) is 13.8 Å². The van der Waals surface area contributed by atoms with Gasteiger partial charge in [0.1, 0.15) is 16.4 Å². The highest BCUT2D eigenvalue weighted by molar-refractivity contribution is 7.89. The molecular weight excluding hydrogens is 298 g/mol. The molecule has 0 aliphatic carbocycles. The third-order valence-corrected chi connectivity index (χ3v) is 5.24. The molecule has 2 N–H and O–H groups in total. The second kappa shape index (κ2) is 6.04. The fourth-order valence-corrected chi connectivity index (χ4v) is 4.09. The average Bonchev–Trinajstić information content (AvgIpc) is 2.97. The van der Waals surface area contributed by atoms with E-state index in [1.807, 2.05) is 0 Å². The Morgan fingerprint density at radius 2 is 2.05 bits per heavy atom. The minimum Gasteiger partial charge on any atom is -0.465 e. The maximum atomic E-state index is 12.4. The number of furan rings is 1. The number of rotatable bonds is 6. The van der Waals surface area contributed by atoms with Crippen LogP contribution in [0.5, 0.6) is 0 Å². The highest BCUT2D eigenvalue weighted by Gasteiger charge is 2.26. The van der Waals surface area contributed by atoms with Crippen LogP contribution in [0.2, 0.25) is 0 Å². The summed E-state index contributed by atoms with van der Waals surface area (Å²) in [7, 11) is -1.84. The van der Waals surface area contributed by atoms with E-state index in [2.05, 4.69) is 15.0 Å². The number of hydrogen-bond donors (Lipinski definition) is 2. The third kappa shape index (κ3) is 3.09. The summed E-state index contributed by atoms with van der Waals surface area (Å²) in [5.74, 6) is 1.03. The van der Waals surface area contributed by atoms with E-state index in [9.17, 15) is 8.42 Å². The van der Waals surface area contributed by atoms with Crippen molar-refractivity contribution in [1.29, 1.82) is 0 Å². The standard InChI is InChI=1S/C12H17N3O3S2/c1-8-11(6-13-3)12(9(2)18-8)20(16,17)15-5-10-4-14-7-19-10/h4,7,13,15H,5-6H2,1-3H3. The minimum absolute atomic E-state index is 0.230. The van der Waals surface area contributed by atoms with Gasteiger partial charge in [0, 0.05) is 29.7 Å². The molecule has 2 rings (SSSR count). The summed E-state index contributed by atoms with van der Waals surface area (Å²) in [6.07, 6.45) is 1.65. The highest BCUT2D eigenvalue weighted by atomic mass is 32.2. The van der Waals surface area contributed by atoms with Crippen LogP contribution >= 0.6 is 11.3 Å². The second-order valence-corrected chi connectivity index (χ2v) is 7.02. The van der Waals surface area contributed by atoms with Crippen LogP contribution in [-0.2, 0) is 23.1 Å². The van der Waals surface area contributed by atoms with Gasteiger partial charge < -0.3 is 9.73 Å². The van der Waals surface area contributed by atoms with Gasteiger partial charge in [0.15, 0.2) is 0 Å². The van der Waals surface area contributed by atoms with Crippen molar-refractivity contribution in [2.75, 3.05) is 7.05 Å². The lowest BCUT2D eigenvalue weighted by Gasteiger charge is -2.07. The highest BCUT2D eigenvalue weighted by Crippen LogP contribution is 2.26. The lowest BCUT2D eigenvalue weighted by atomic mass is 10.2. The van der Waals surface area contributed by atoms with Gasteiger partial charge in [-0.1, -0.05) is 0 Å². The van der Waals surface area contributed by atoms with Gasteiger partial charge in [0.05, 0.1) is 5.51 Å². The van der Waals surface area contributed by atoms with Crippen molar-refractivity contribution in [3.63, 3.8) is 0 Å². The van der Waals surface area contributed by atoms with Crippen LogP contribution < -0.4 is 10.0 Å². The van der Waals surface area contributed by atoms with Gasteiger partial charge in [-0.2, -0.15) is 0 Å². The molecular formula is C12H17N3O3S2. The molecule has 2 heterocycles. The van der Waals surface area contributed by atoms with Gasteiger partial charge >= 0.3 is 0 Å². The average molecular weight is 315 g/mol. The lowest BCUT2D eigenvalue weighted by Crippen LogP contribution is -2.25. The maximum Gasteiger partial charge on any atom is 0.244 e. The SMILES string of the molecule is CNCc1c(C)oc(C)c1S(=O)(=O)NCc1cncs1. The first-order chi connectivity index (χ1) is 9.45. The molecule has 6 nitrogen and oxygen atoms in total. The largest absolute Gasteiger partial charge is 0.465 e. The quantitative estimate of drug-likeness (QED) is 0.845. The number of aryl methyl sites for hydroxylation is 2. The molecule has 2 aromatic heterocycles. The summed E-state index contributed by atoms with van der Waals surface area (Å²) in [4.78, 5) is 5.01. The molecule has 2 aromatic rings. The van der Waals surface area contributed by atoms with E-state index in [1.165, 1.54) is 11.3 Å². The smallest absolute Gasteiger partial charge is 0.244 e. The Labute approximate surface area is 122 Å². The molecule has 8 heteroatoms. The van der Waals surface area contributed by atoms with Crippen molar-refractivity contribution >= 4 is 21.4 Å². The zero-order valence-electron chi connectivity index (χ0n) is 11.6. The fraction of sp³-hybridized carbons (Fsp3) is 0.417. The van der Waals surface area contributed by atoms with E-state index >= 15 is 0 Å². The third-order valence-electron chi connectivity index (χ3n) is 2.87. The number of hydrogen-bond acceptors (Lipinski definition) is 6. The van der Waals surface area contributed by atoms with E-state index in [-0.39, 0.29) is 11.4 Å². The Kier molecular flexibility index (Phi) is 4.59. The number of nitrogens with zero attached hydrogens (tertiary/aromatic N) is 1. The van der Waals surface area contributed by atoms with Gasteiger partial charge in [-0.15, -0.1) is 11.3 Å². The molecule has 0 unspecified atom stereocenters. The first-order valence-corrected chi connectivity index (χ1v) is 8.42. The molecule has 0 fully saturated rings. The molecule has 0 saturated heterocycles. The summed E-state index contributed by atoms with van der Waals surface area (Å²) in [5.41, 5.74) is 2.34. The van der Waals surface area contributed by atoms with Crippen molar-refractivity contribution in [2.24, 2.45) is 0 Å². The fourth-order valence-electron chi connectivity index (χ4n) is 2.01. The van der Waals surface area contributed by atoms with E-state index < -0.39 is 10.0 Å². The first kappa shape index (κ1) is 15.2. The normalized spacial score (nSPS) is 11.9. The summed E-state index contributed by atoms with van der Waals surface area (Å²) < 4.78 is 32.9. The van der Waals surface area contributed by atoms with Gasteiger partial charge in [0.2, 0.25) is 10.0 Å². The van der Waals surface area contributed by atoms with Crippen molar-refractivity contribution in [3.8, 4) is 0 Å². The minimum atomic E-state index is -3.60. The van der Waals surface area contributed by atoms with Gasteiger partial charge in [0.25, 0.3) is 0 Å². The number of thiazole rings is 1. The van der Waals surface area contributed by atoms with Gasteiger partial charge in [-0.25, -0.2) is 13.1 Å². The monoisotopic (exact) mass is 315 g/mol. The summed E-state index contributed by atoms with van der Waals surface area (Å²) >= 11 is 1.41. The molecule has 0 atom stereocenters. The second-order valence-electron chi connectivity index (χ2n) is 4.34. The molecule has 0 radical (unpaired) electrons. The van der Waals surface area contributed by atoms with Crippen molar-refractivity contribution in [2.45, 2.75) is 31.8 Å². The van der Waals surface area contributed by atoms with Crippen LogP contribution in [0.25, 0.3) is 0 Å². The van der Waals surface area contributed by atoms with Crippen LogP contribution in [-0.4, -0.2) is 20.4 Å². The van der Waals surface area contributed by atoms with Gasteiger partial charge in [-0.05, 0) is 20.9 Å². The summed E-state index contributed by atoms with van der Waals surface area (Å²) in [5, 5.41) is 2.96. The topological polar surface area (TPSA) is 84.2 Å². The molecule has 0 aliphatic heterocycles. The van der Waals surface area contributed by atoms with Crippen molar-refractivity contribution in [3.05, 3.63) is 33.7 Å². The molecule has 20 heavy (non-hydrogen) atoms. The van der Waals surface area contributed by atoms with E-state index in [0.717, 1.165) is 4.88 Å². The predicted octanol–water partition coefficient (Wildman–Crippen LogP) is 1.55. The lowest BCUT2D eigenvalue weighted by molar-refractivity contribution is 0.493.